The van der Waals surface area contributed by atoms with Crippen LogP contribution in [-0.4, -0.2) is 47.7 Å². The highest BCUT2D eigenvalue weighted by molar-refractivity contribution is 7.99. The van der Waals surface area contributed by atoms with Crippen LogP contribution in [0.3, 0.4) is 0 Å². The smallest absolute Gasteiger partial charge is 0.110 e. The van der Waals surface area contributed by atoms with Crippen molar-refractivity contribution in [2.45, 2.75) is 31.8 Å². The Bertz CT molecular complexity index is 138. The molecule has 0 N–H and O–H groups in total. The second-order valence-electron chi connectivity index (χ2n) is 3.73. The monoisotopic (exact) mass is 188 g/mol. The zero-order chi connectivity index (χ0) is 9.14. The molecule has 2 nitrogen and oxygen atoms in total. The van der Waals surface area contributed by atoms with Gasteiger partial charge in [0.1, 0.15) is 5.50 Å². The normalized spacial score (nSPS) is 28.2. The van der Waals surface area contributed by atoms with E-state index in [2.05, 4.69) is 37.0 Å². The molecule has 3 heteroatoms. The van der Waals surface area contributed by atoms with Crippen LogP contribution in [0, 0.1) is 0 Å². The van der Waals surface area contributed by atoms with Crippen LogP contribution in [0.2, 0.25) is 0 Å². The molecular weight excluding hydrogens is 168 g/mol. The number of thioether (sulfide) groups is 1. The van der Waals surface area contributed by atoms with E-state index >= 15 is 0 Å². The van der Waals surface area contributed by atoms with Crippen molar-refractivity contribution in [2.24, 2.45) is 0 Å². The van der Waals surface area contributed by atoms with Crippen LogP contribution in [0.15, 0.2) is 0 Å². The summed E-state index contributed by atoms with van der Waals surface area (Å²) in [5.74, 6) is 0. The summed E-state index contributed by atoms with van der Waals surface area (Å²) in [6, 6.07) is 0.671. The average Bonchev–Trinajstić information content (AvgIpc) is 2.03. The van der Waals surface area contributed by atoms with E-state index in [0.29, 0.717) is 11.5 Å². The second kappa shape index (κ2) is 4.49. The summed E-state index contributed by atoms with van der Waals surface area (Å²) < 4.78 is 0. The number of rotatable bonds is 2. The number of nitrogens with zero attached hydrogens (tertiary/aromatic N) is 2. The number of hydrogen-bond acceptors (Lipinski definition) is 3. The average molecular weight is 188 g/mol. The van der Waals surface area contributed by atoms with Gasteiger partial charge in [-0.25, -0.2) is 0 Å². The lowest BCUT2D eigenvalue weighted by Gasteiger charge is -2.43. The lowest BCUT2D eigenvalue weighted by atomic mass is 10.2. The van der Waals surface area contributed by atoms with Crippen molar-refractivity contribution in [3.8, 4) is 0 Å². The zero-order valence-electron chi connectivity index (χ0n) is 8.58. The lowest BCUT2D eigenvalue weighted by molar-refractivity contribution is 0.0574. The van der Waals surface area contributed by atoms with E-state index in [4.69, 9.17) is 0 Å². The maximum absolute atomic E-state index is 2.56. The molecule has 72 valence electrons. The molecular formula is C9H20N2S. The first-order chi connectivity index (χ1) is 5.66. The summed E-state index contributed by atoms with van der Waals surface area (Å²) >= 11 is 1.94. The molecule has 1 heterocycles. The molecule has 1 fully saturated rings. The van der Waals surface area contributed by atoms with Crippen molar-refractivity contribution in [3.63, 3.8) is 0 Å². The third-order valence-corrected chi connectivity index (χ3v) is 3.51. The fourth-order valence-electron chi connectivity index (χ4n) is 1.81. The standard InChI is InChI=1S/C9H20N2S/c1-8(2)11-7-5-6-10(3)9(11)12-4/h8-9H,5-7H2,1-4H3. The van der Waals surface area contributed by atoms with Crippen LogP contribution < -0.4 is 0 Å². The van der Waals surface area contributed by atoms with Gasteiger partial charge in [-0.15, -0.1) is 11.8 Å². The van der Waals surface area contributed by atoms with Crippen molar-refractivity contribution in [2.75, 3.05) is 26.4 Å². The van der Waals surface area contributed by atoms with Crippen molar-refractivity contribution < 1.29 is 0 Å². The first-order valence-corrected chi connectivity index (χ1v) is 5.94. The Morgan fingerprint density at radius 2 is 2.00 bits per heavy atom. The van der Waals surface area contributed by atoms with Crippen molar-refractivity contribution in [3.05, 3.63) is 0 Å². The SMILES string of the molecule is CSC1N(C)CCCN1C(C)C. The Labute approximate surface area is 80.3 Å². The van der Waals surface area contributed by atoms with E-state index in [-0.39, 0.29) is 0 Å². The minimum absolute atomic E-state index is 0.596. The molecule has 1 saturated heterocycles. The summed E-state index contributed by atoms with van der Waals surface area (Å²) in [6.45, 7) is 7.06. The van der Waals surface area contributed by atoms with Gasteiger partial charge in [0.05, 0.1) is 0 Å². The van der Waals surface area contributed by atoms with E-state index in [1.165, 1.54) is 19.5 Å². The molecule has 0 aliphatic carbocycles. The second-order valence-corrected chi connectivity index (χ2v) is 4.62. The van der Waals surface area contributed by atoms with E-state index < -0.39 is 0 Å². The van der Waals surface area contributed by atoms with Gasteiger partial charge in [0.25, 0.3) is 0 Å². The molecule has 1 atom stereocenters. The molecule has 1 unspecified atom stereocenters. The summed E-state index contributed by atoms with van der Waals surface area (Å²) in [7, 11) is 2.22. The quantitative estimate of drug-likeness (QED) is 0.651. The van der Waals surface area contributed by atoms with Gasteiger partial charge in [0.2, 0.25) is 0 Å². The van der Waals surface area contributed by atoms with Crippen LogP contribution >= 0.6 is 11.8 Å². The van der Waals surface area contributed by atoms with E-state index in [1.807, 2.05) is 11.8 Å². The van der Waals surface area contributed by atoms with E-state index in [9.17, 15) is 0 Å². The predicted molar refractivity (Wildman–Crippen MR) is 56.4 cm³/mol. The fraction of sp³-hybridized carbons (Fsp3) is 1.00. The summed E-state index contributed by atoms with van der Waals surface area (Å²) in [4.78, 5) is 5.00. The summed E-state index contributed by atoms with van der Waals surface area (Å²) in [6.07, 6.45) is 3.51. The predicted octanol–water partition coefficient (Wildman–Crippen LogP) is 1.68. The minimum Gasteiger partial charge on any atom is -0.282 e. The Kier molecular flexibility index (Phi) is 3.87. The Morgan fingerprint density at radius 3 is 2.42 bits per heavy atom. The maximum atomic E-state index is 2.56. The highest BCUT2D eigenvalue weighted by Gasteiger charge is 2.27. The molecule has 1 aliphatic heterocycles. The molecule has 0 bridgehead atoms. The van der Waals surface area contributed by atoms with Gasteiger partial charge in [-0.2, -0.15) is 0 Å². The van der Waals surface area contributed by atoms with Gasteiger partial charge < -0.3 is 0 Å². The maximum Gasteiger partial charge on any atom is 0.110 e. The highest BCUT2D eigenvalue weighted by Crippen LogP contribution is 2.22. The third kappa shape index (κ3) is 2.15. The molecule has 1 aliphatic rings. The van der Waals surface area contributed by atoms with Crippen LogP contribution in [-0.2, 0) is 0 Å². The molecule has 1 rings (SSSR count). The molecule has 0 radical (unpaired) electrons. The largest absolute Gasteiger partial charge is 0.282 e. The van der Waals surface area contributed by atoms with Crippen molar-refractivity contribution in [1.82, 2.24) is 9.80 Å². The fourth-order valence-corrected chi connectivity index (χ4v) is 2.89. The van der Waals surface area contributed by atoms with E-state index in [0.717, 1.165) is 0 Å². The van der Waals surface area contributed by atoms with Crippen LogP contribution in [0.4, 0.5) is 0 Å². The molecule has 0 aromatic heterocycles. The molecule has 0 amide bonds. The van der Waals surface area contributed by atoms with Gasteiger partial charge in [-0.05, 0) is 33.6 Å². The van der Waals surface area contributed by atoms with Gasteiger partial charge in [-0.1, -0.05) is 0 Å². The Hall–Kier alpha value is 0.270. The molecule has 0 aromatic rings. The number of hydrogen-bond donors (Lipinski definition) is 0. The topological polar surface area (TPSA) is 6.48 Å². The van der Waals surface area contributed by atoms with Gasteiger partial charge in [0, 0.05) is 19.1 Å². The third-order valence-electron chi connectivity index (χ3n) is 2.46. The molecule has 12 heavy (non-hydrogen) atoms. The minimum atomic E-state index is 0.596. The first kappa shape index (κ1) is 10.4. The van der Waals surface area contributed by atoms with Gasteiger partial charge >= 0.3 is 0 Å². The highest BCUT2D eigenvalue weighted by atomic mass is 32.2. The molecule has 0 saturated carbocycles. The molecule has 0 aromatic carbocycles. The van der Waals surface area contributed by atoms with Crippen LogP contribution in [0.5, 0.6) is 0 Å². The Balaban J connectivity index is 2.57. The van der Waals surface area contributed by atoms with Crippen LogP contribution in [0.1, 0.15) is 20.3 Å². The molecule has 0 spiro atoms. The Morgan fingerprint density at radius 1 is 1.33 bits per heavy atom. The van der Waals surface area contributed by atoms with Crippen molar-refractivity contribution in [1.29, 1.82) is 0 Å². The van der Waals surface area contributed by atoms with E-state index in [1.54, 1.807) is 0 Å². The summed E-state index contributed by atoms with van der Waals surface area (Å²) in [5.41, 5.74) is 0.596. The van der Waals surface area contributed by atoms with Gasteiger partial charge in [0.15, 0.2) is 0 Å². The first-order valence-electron chi connectivity index (χ1n) is 4.65. The van der Waals surface area contributed by atoms with Crippen LogP contribution in [0.25, 0.3) is 0 Å². The lowest BCUT2D eigenvalue weighted by Crippen LogP contribution is -2.52. The zero-order valence-corrected chi connectivity index (χ0v) is 9.40. The van der Waals surface area contributed by atoms with Crippen molar-refractivity contribution >= 4 is 11.8 Å². The van der Waals surface area contributed by atoms with Gasteiger partial charge in [-0.3, -0.25) is 9.80 Å². The summed E-state index contributed by atoms with van der Waals surface area (Å²) in [5, 5.41) is 0.